The van der Waals surface area contributed by atoms with Crippen molar-refractivity contribution < 1.29 is 5.11 Å². The summed E-state index contributed by atoms with van der Waals surface area (Å²) in [4.78, 5) is 6.41. The highest BCUT2D eigenvalue weighted by Crippen LogP contribution is 2.18. The third kappa shape index (κ3) is 2.04. The van der Waals surface area contributed by atoms with E-state index >= 15 is 0 Å². The smallest absolute Gasteiger partial charge is 0.128 e. The maximum atomic E-state index is 9.36. The van der Waals surface area contributed by atoms with Crippen molar-refractivity contribution in [1.82, 2.24) is 4.98 Å². The monoisotopic (exact) mass is 190 g/mol. The van der Waals surface area contributed by atoms with Crippen LogP contribution in [0.4, 0.5) is 5.82 Å². The molecule has 0 spiro atoms. The summed E-state index contributed by atoms with van der Waals surface area (Å²) in [5.74, 6) is 0.914. The summed E-state index contributed by atoms with van der Waals surface area (Å²) in [7, 11) is 0. The molecule has 1 N–H and O–H groups in total. The number of rotatable bonds is 1. The zero-order chi connectivity index (χ0) is 9.97. The van der Waals surface area contributed by atoms with Crippen LogP contribution in [0.5, 0.6) is 0 Å². The normalized spacial score (nSPS) is 18.6. The summed E-state index contributed by atoms with van der Waals surface area (Å²) in [5.41, 5.74) is 0.737. The molecule has 1 aliphatic rings. The second-order valence-electron chi connectivity index (χ2n) is 3.67. The molecule has 14 heavy (non-hydrogen) atoms. The highest BCUT2D eigenvalue weighted by atomic mass is 16.3. The van der Waals surface area contributed by atoms with Crippen molar-refractivity contribution in [3.63, 3.8) is 0 Å². The van der Waals surface area contributed by atoms with Crippen LogP contribution in [-0.4, -0.2) is 29.3 Å². The third-order valence-electron chi connectivity index (χ3n) is 2.56. The van der Waals surface area contributed by atoms with Crippen molar-refractivity contribution in [2.45, 2.75) is 18.9 Å². The Bertz CT molecular complexity index is 306. The Morgan fingerprint density at radius 1 is 1.43 bits per heavy atom. The van der Waals surface area contributed by atoms with E-state index in [1.54, 1.807) is 12.3 Å². The van der Waals surface area contributed by atoms with E-state index in [-0.39, 0.29) is 6.10 Å². The van der Waals surface area contributed by atoms with Gasteiger partial charge in [0.25, 0.3) is 0 Å². The largest absolute Gasteiger partial charge is 0.393 e. The van der Waals surface area contributed by atoms with Gasteiger partial charge in [-0.05, 0) is 37.5 Å². The molecular formula is C11H14N2O. The average molecular weight is 190 g/mol. The fourth-order valence-electron chi connectivity index (χ4n) is 1.70. The summed E-state index contributed by atoms with van der Waals surface area (Å²) in [6.45, 7) is 7.39. The quantitative estimate of drug-likeness (QED) is 0.720. The van der Waals surface area contributed by atoms with Gasteiger partial charge in [-0.25, -0.2) is 4.98 Å². The Labute approximate surface area is 84.4 Å². The summed E-state index contributed by atoms with van der Waals surface area (Å²) in [6, 6.07) is 3.65. The van der Waals surface area contributed by atoms with Gasteiger partial charge >= 0.3 is 0 Å². The predicted molar refractivity (Wildman–Crippen MR) is 55.1 cm³/mol. The minimum atomic E-state index is -0.146. The first-order chi connectivity index (χ1) is 6.75. The first-order valence-electron chi connectivity index (χ1n) is 4.90. The Balaban J connectivity index is 2.08. The molecule has 2 heterocycles. The van der Waals surface area contributed by atoms with Crippen LogP contribution < -0.4 is 4.90 Å². The molecule has 0 atom stereocenters. The van der Waals surface area contributed by atoms with Crippen LogP contribution in [0.3, 0.4) is 0 Å². The first-order valence-corrected chi connectivity index (χ1v) is 4.90. The second-order valence-corrected chi connectivity index (χ2v) is 3.67. The summed E-state index contributed by atoms with van der Waals surface area (Å²) in [6.07, 6.45) is 3.20. The van der Waals surface area contributed by atoms with Gasteiger partial charge < -0.3 is 10.0 Å². The van der Waals surface area contributed by atoms with E-state index in [4.69, 9.17) is 6.92 Å². The molecule has 1 aliphatic heterocycles. The van der Waals surface area contributed by atoms with Crippen LogP contribution >= 0.6 is 0 Å². The van der Waals surface area contributed by atoms with Crippen molar-refractivity contribution in [3.8, 4) is 0 Å². The lowest BCUT2D eigenvalue weighted by atomic mass is 10.1. The van der Waals surface area contributed by atoms with E-state index in [0.29, 0.717) is 0 Å². The van der Waals surface area contributed by atoms with Crippen LogP contribution in [0.15, 0.2) is 18.3 Å². The molecule has 1 aromatic heterocycles. The molecular weight excluding hydrogens is 176 g/mol. The van der Waals surface area contributed by atoms with Gasteiger partial charge in [0.1, 0.15) is 5.82 Å². The summed E-state index contributed by atoms with van der Waals surface area (Å²) >= 11 is 0. The SMILES string of the molecule is [CH]c1ccnc(N2CCC(O)CC2)c1. The van der Waals surface area contributed by atoms with Gasteiger partial charge in [-0.3, -0.25) is 0 Å². The topological polar surface area (TPSA) is 36.4 Å². The highest BCUT2D eigenvalue weighted by molar-refractivity contribution is 5.42. The molecule has 1 aromatic rings. The number of aliphatic hydroxyl groups excluding tert-OH is 1. The lowest BCUT2D eigenvalue weighted by Crippen LogP contribution is -2.36. The minimum Gasteiger partial charge on any atom is -0.393 e. The Morgan fingerprint density at radius 3 is 2.79 bits per heavy atom. The maximum absolute atomic E-state index is 9.36. The van der Waals surface area contributed by atoms with Gasteiger partial charge in [0.2, 0.25) is 0 Å². The molecule has 74 valence electrons. The van der Waals surface area contributed by atoms with Crippen LogP contribution in [0, 0.1) is 6.92 Å². The van der Waals surface area contributed by atoms with E-state index in [0.717, 1.165) is 37.3 Å². The second kappa shape index (κ2) is 3.96. The van der Waals surface area contributed by atoms with E-state index in [9.17, 15) is 5.11 Å². The molecule has 0 aromatic carbocycles. The van der Waals surface area contributed by atoms with Gasteiger partial charge in [-0.15, -0.1) is 0 Å². The number of aromatic nitrogens is 1. The predicted octanol–water partition coefficient (Wildman–Crippen LogP) is 1.10. The number of anilines is 1. The molecule has 0 amide bonds. The molecule has 0 unspecified atom stereocenters. The maximum Gasteiger partial charge on any atom is 0.128 e. The molecule has 2 rings (SSSR count). The first kappa shape index (κ1) is 9.46. The van der Waals surface area contributed by atoms with Crippen molar-refractivity contribution >= 4 is 5.82 Å². The van der Waals surface area contributed by atoms with Gasteiger partial charge in [-0.2, -0.15) is 0 Å². The molecule has 3 heteroatoms. The molecule has 1 saturated heterocycles. The van der Waals surface area contributed by atoms with E-state index in [2.05, 4.69) is 9.88 Å². The molecule has 0 saturated carbocycles. The Kier molecular flexibility index (Phi) is 2.68. The lowest BCUT2D eigenvalue weighted by molar-refractivity contribution is 0.145. The van der Waals surface area contributed by atoms with Gasteiger partial charge in [0, 0.05) is 19.3 Å². The number of hydrogen-bond donors (Lipinski definition) is 1. The number of piperidine rings is 1. The van der Waals surface area contributed by atoms with Crippen LogP contribution in [-0.2, 0) is 0 Å². The number of aliphatic hydroxyl groups is 1. The zero-order valence-corrected chi connectivity index (χ0v) is 8.06. The van der Waals surface area contributed by atoms with Gasteiger partial charge in [0.15, 0.2) is 0 Å². The summed E-state index contributed by atoms with van der Waals surface area (Å²) in [5, 5.41) is 9.36. The van der Waals surface area contributed by atoms with Gasteiger partial charge in [-0.1, -0.05) is 0 Å². The fraction of sp³-hybridized carbons (Fsp3) is 0.455. The average Bonchev–Trinajstić information content (AvgIpc) is 2.19. The standard InChI is InChI=1S/C11H14N2O/c1-9-2-5-12-11(8-9)13-6-3-10(14)4-7-13/h1-2,5,8,10,14H,3-4,6-7H2. The van der Waals surface area contributed by atoms with Crippen molar-refractivity contribution in [1.29, 1.82) is 0 Å². The number of hydrogen-bond acceptors (Lipinski definition) is 3. The number of pyridine rings is 1. The van der Waals surface area contributed by atoms with Crippen molar-refractivity contribution in [2.24, 2.45) is 0 Å². The van der Waals surface area contributed by atoms with Crippen LogP contribution in [0.25, 0.3) is 0 Å². The van der Waals surface area contributed by atoms with Crippen LogP contribution in [0.2, 0.25) is 0 Å². The van der Waals surface area contributed by atoms with Crippen LogP contribution in [0.1, 0.15) is 18.4 Å². The fourth-order valence-corrected chi connectivity index (χ4v) is 1.70. The number of nitrogens with zero attached hydrogens (tertiary/aromatic N) is 2. The molecule has 0 aliphatic carbocycles. The molecule has 1 fully saturated rings. The van der Waals surface area contributed by atoms with Crippen molar-refractivity contribution in [2.75, 3.05) is 18.0 Å². The third-order valence-corrected chi connectivity index (χ3v) is 2.56. The Morgan fingerprint density at radius 2 is 2.14 bits per heavy atom. The molecule has 2 radical (unpaired) electrons. The Hall–Kier alpha value is -1.09. The highest BCUT2D eigenvalue weighted by Gasteiger charge is 2.17. The zero-order valence-electron chi connectivity index (χ0n) is 8.06. The molecule has 0 bridgehead atoms. The van der Waals surface area contributed by atoms with E-state index < -0.39 is 0 Å². The lowest BCUT2D eigenvalue weighted by Gasteiger charge is -2.30. The minimum absolute atomic E-state index is 0.146. The van der Waals surface area contributed by atoms with Crippen molar-refractivity contribution in [3.05, 3.63) is 30.8 Å². The van der Waals surface area contributed by atoms with Gasteiger partial charge in [0.05, 0.1) is 6.10 Å². The van der Waals surface area contributed by atoms with E-state index in [1.807, 2.05) is 6.07 Å². The molecule has 3 nitrogen and oxygen atoms in total. The summed E-state index contributed by atoms with van der Waals surface area (Å²) < 4.78 is 0. The van der Waals surface area contributed by atoms with E-state index in [1.165, 1.54) is 0 Å².